The van der Waals surface area contributed by atoms with Crippen LogP contribution in [0.5, 0.6) is 0 Å². The molecule has 13 heavy (non-hydrogen) atoms. The van der Waals surface area contributed by atoms with Crippen LogP contribution in [0.15, 0.2) is 0 Å². The van der Waals surface area contributed by atoms with Crippen molar-refractivity contribution in [3.8, 4) is 0 Å². The summed E-state index contributed by atoms with van der Waals surface area (Å²) in [5.41, 5.74) is 0. The zero-order chi connectivity index (χ0) is 11.1. The molecule has 0 aromatic carbocycles. The van der Waals surface area contributed by atoms with E-state index in [9.17, 15) is 0 Å². The van der Waals surface area contributed by atoms with Crippen molar-refractivity contribution in [3.05, 3.63) is 0 Å². The first-order chi connectivity index (χ1) is 6.31. The molecule has 0 heterocycles. The first-order valence-electron chi connectivity index (χ1n) is 5.64. The Morgan fingerprint density at radius 1 is 1.08 bits per heavy atom. The van der Waals surface area contributed by atoms with Gasteiger partial charge in [-0.2, -0.15) is 0 Å². The molecule has 2 heteroatoms. The van der Waals surface area contributed by atoms with E-state index in [2.05, 4.69) is 24.2 Å². The quantitative estimate of drug-likeness (QED) is 0.670. The van der Waals surface area contributed by atoms with Crippen molar-refractivity contribution in [2.75, 3.05) is 33.7 Å². The van der Waals surface area contributed by atoms with Gasteiger partial charge in [-0.3, -0.25) is 0 Å². The smallest absolute Gasteiger partial charge is 0.000981 e. The minimum Gasteiger partial charge on any atom is -0.320 e. The third kappa shape index (κ3) is 24.5. The highest BCUT2D eigenvalue weighted by atomic mass is 15.1. The van der Waals surface area contributed by atoms with Crippen LogP contribution < -0.4 is 5.32 Å². The lowest BCUT2D eigenvalue weighted by Gasteiger charge is -2.12. The molecule has 0 aliphatic rings. The summed E-state index contributed by atoms with van der Waals surface area (Å²) in [7, 11) is 4.14. The second kappa shape index (κ2) is 22.7. The Morgan fingerprint density at radius 2 is 1.54 bits per heavy atom. The van der Waals surface area contributed by atoms with Gasteiger partial charge in [0.2, 0.25) is 0 Å². The number of nitrogens with one attached hydrogen (secondary N) is 1. The molecular formula is C11H30N2. The topological polar surface area (TPSA) is 15.3 Å². The fourth-order valence-corrected chi connectivity index (χ4v) is 0.684. The predicted octanol–water partition coefficient (Wildman–Crippen LogP) is 2.60. The molecule has 0 rings (SSSR count). The molecule has 0 atom stereocenters. The third-order valence-corrected chi connectivity index (χ3v) is 1.51. The zero-order valence-corrected chi connectivity index (χ0v) is 10.8. The number of rotatable bonds is 5. The fourth-order valence-electron chi connectivity index (χ4n) is 0.684. The molecule has 0 bridgehead atoms. The average molecular weight is 190 g/mol. The Bertz CT molecular complexity index is 56.1. The van der Waals surface area contributed by atoms with Gasteiger partial charge in [0, 0.05) is 0 Å². The normalized spacial score (nSPS) is 8.31. The van der Waals surface area contributed by atoms with E-state index in [4.69, 9.17) is 0 Å². The number of hydrogen-bond donors (Lipinski definition) is 1. The van der Waals surface area contributed by atoms with Gasteiger partial charge in [0.15, 0.2) is 0 Å². The second-order valence-corrected chi connectivity index (χ2v) is 2.35. The van der Waals surface area contributed by atoms with Crippen molar-refractivity contribution in [3.63, 3.8) is 0 Å². The molecule has 0 fully saturated rings. The maximum Gasteiger partial charge on any atom is -0.000981 e. The van der Waals surface area contributed by atoms with Crippen LogP contribution in [0.2, 0.25) is 0 Å². The first kappa shape index (κ1) is 18.7. The van der Waals surface area contributed by atoms with Crippen molar-refractivity contribution in [1.29, 1.82) is 0 Å². The Balaban J connectivity index is -0.000000218. The minimum atomic E-state index is 1.13. The summed E-state index contributed by atoms with van der Waals surface area (Å²) >= 11 is 0. The second-order valence-electron chi connectivity index (χ2n) is 2.35. The lowest BCUT2D eigenvalue weighted by Crippen LogP contribution is -2.22. The van der Waals surface area contributed by atoms with E-state index >= 15 is 0 Å². The molecule has 0 aromatic rings. The predicted molar refractivity (Wildman–Crippen MR) is 64.4 cm³/mol. The number of nitrogens with zero attached hydrogens (tertiary/aromatic N) is 1. The monoisotopic (exact) mass is 190 g/mol. The van der Waals surface area contributed by atoms with Crippen molar-refractivity contribution in [1.82, 2.24) is 10.2 Å². The van der Waals surface area contributed by atoms with Crippen LogP contribution in [-0.2, 0) is 0 Å². The lowest BCUT2D eigenvalue weighted by molar-refractivity contribution is 0.346. The van der Waals surface area contributed by atoms with Gasteiger partial charge in [-0.05, 0) is 40.2 Å². The van der Waals surface area contributed by atoms with E-state index in [0.717, 1.165) is 13.1 Å². The summed E-state index contributed by atoms with van der Waals surface area (Å²) in [5.74, 6) is 0. The molecule has 0 saturated carbocycles. The highest BCUT2D eigenvalue weighted by molar-refractivity contribution is 4.48. The average Bonchev–Trinajstić information content (AvgIpc) is 2.24. The summed E-state index contributed by atoms with van der Waals surface area (Å²) in [6.07, 6.45) is 1.25. The van der Waals surface area contributed by atoms with Crippen molar-refractivity contribution in [2.24, 2.45) is 0 Å². The van der Waals surface area contributed by atoms with E-state index in [1.807, 2.05) is 34.7 Å². The molecular weight excluding hydrogens is 160 g/mol. The molecule has 0 unspecified atom stereocenters. The third-order valence-electron chi connectivity index (χ3n) is 1.51. The maximum atomic E-state index is 3.12. The Hall–Kier alpha value is -0.0800. The van der Waals surface area contributed by atoms with Crippen molar-refractivity contribution >= 4 is 0 Å². The maximum absolute atomic E-state index is 3.12. The van der Waals surface area contributed by atoms with E-state index < -0.39 is 0 Å². The van der Waals surface area contributed by atoms with Gasteiger partial charge in [0.1, 0.15) is 0 Å². The molecule has 0 saturated heterocycles. The molecule has 1 N–H and O–H groups in total. The minimum absolute atomic E-state index is 1.13. The summed E-state index contributed by atoms with van der Waals surface area (Å²) in [4.78, 5) is 2.32. The molecule has 0 amide bonds. The first-order valence-corrected chi connectivity index (χ1v) is 5.64. The molecule has 0 aromatic heterocycles. The van der Waals surface area contributed by atoms with Crippen LogP contribution in [0.1, 0.15) is 41.0 Å². The fraction of sp³-hybridized carbons (Fsp3) is 1.00. The van der Waals surface area contributed by atoms with Gasteiger partial charge in [-0.15, -0.1) is 0 Å². The Labute approximate surface area is 85.7 Å². The van der Waals surface area contributed by atoms with E-state index in [1.165, 1.54) is 13.0 Å². The Morgan fingerprint density at radius 3 is 1.85 bits per heavy atom. The summed E-state index contributed by atoms with van der Waals surface area (Å²) in [5, 5.41) is 3.12. The van der Waals surface area contributed by atoms with Crippen LogP contribution >= 0.6 is 0 Å². The standard InChI is InChI=1S/C7H18N2.2C2H6/c1-4-9(3)7-5-6-8-2;2*1-2/h8H,4-7H2,1-3H3;2*1-2H3. The molecule has 0 aliphatic carbocycles. The Kier molecular flexibility index (Phi) is 32.5. The van der Waals surface area contributed by atoms with E-state index in [0.29, 0.717) is 0 Å². The molecule has 0 spiro atoms. The van der Waals surface area contributed by atoms with Crippen LogP contribution in [-0.4, -0.2) is 38.6 Å². The number of hydrogen-bond acceptors (Lipinski definition) is 2. The van der Waals surface area contributed by atoms with Crippen LogP contribution in [0, 0.1) is 0 Å². The van der Waals surface area contributed by atoms with Crippen LogP contribution in [0.25, 0.3) is 0 Å². The SMILES string of the molecule is CC.CC.CCN(C)CCCNC. The van der Waals surface area contributed by atoms with Crippen LogP contribution in [0.4, 0.5) is 0 Å². The summed E-state index contributed by atoms with van der Waals surface area (Å²) in [6, 6.07) is 0. The summed E-state index contributed by atoms with van der Waals surface area (Å²) in [6.45, 7) is 13.7. The van der Waals surface area contributed by atoms with Gasteiger partial charge in [0.25, 0.3) is 0 Å². The van der Waals surface area contributed by atoms with Crippen molar-refractivity contribution < 1.29 is 0 Å². The molecule has 84 valence electrons. The molecule has 0 aliphatic heterocycles. The van der Waals surface area contributed by atoms with Crippen LogP contribution in [0.3, 0.4) is 0 Å². The van der Waals surface area contributed by atoms with Gasteiger partial charge >= 0.3 is 0 Å². The molecule has 0 radical (unpaired) electrons. The van der Waals surface area contributed by atoms with Crippen molar-refractivity contribution in [2.45, 2.75) is 41.0 Å². The highest BCUT2D eigenvalue weighted by Gasteiger charge is 1.90. The summed E-state index contributed by atoms with van der Waals surface area (Å²) < 4.78 is 0. The van der Waals surface area contributed by atoms with E-state index in [1.54, 1.807) is 0 Å². The van der Waals surface area contributed by atoms with Gasteiger partial charge in [-0.25, -0.2) is 0 Å². The zero-order valence-electron chi connectivity index (χ0n) is 10.8. The van der Waals surface area contributed by atoms with Gasteiger partial charge in [0.05, 0.1) is 0 Å². The van der Waals surface area contributed by atoms with Gasteiger partial charge in [-0.1, -0.05) is 34.6 Å². The van der Waals surface area contributed by atoms with E-state index in [-0.39, 0.29) is 0 Å². The highest BCUT2D eigenvalue weighted by Crippen LogP contribution is 1.83. The lowest BCUT2D eigenvalue weighted by atomic mass is 10.4. The molecule has 2 nitrogen and oxygen atoms in total. The van der Waals surface area contributed by atoms with Gasteiger partial charge < -0.3 is 10.2 Å². The largest absolute Gasteiger partial charge is 0.320 e.